The Bertz CT molecular complexity index is 308. The molecule has 0 radical (unpaired) electrons. The van der Waals surface area contributed by atoms with Gasteiger partial charge in [0.15, 0.2) is 0 Å². The van der Waals surface area contributed by atoms with Crippen molar-refractivity contribution in [1.82, 2.24) is 15.0 Å². The van der Waals surface area contributed by atoms with E-state index < -0.39 is 0 Å². The van der Waals surface area contributed by atoms with Crippen molar-refractivity contribution >= 4 is 0 Å². The summed E-state index contributed by atoms with van der Waals surface area (Å²) in [7, 11) is 2.18. The summed E-state index contributed by atoms with van der Waals surface area (Å²) < 4.78 is 10.4. The van der Waals surface area contributed by atoms with E-state index in [1.807, 2.05) is 6.07 Å². The van der Waals surface area contributed by atoms with Crippen LogP contribution >= 0.6 is 0 Å². The number of piperazine rings is 1. The fourth-order valence-electron chi connectivity index (χ4n) is 2.09. The lowest BCUT2D eigenvalue weighted by molar-refractivity contribution is 0.0807. The molecule has 1 aromatic rings. The van der Waals surface area contributed by atoms with Crippen LogP contribution in [0.2, 0.25) is 0 Å². The quantitative estimate of drug-likeness (QED) is 0.675. The summed E-state index contributed by atoms with van der Waals surface area (Å²) in [5.74, 6) is 0. The van der Waals surface area contributed by atoms with Crippen molar-refractivity contribution in [3.8, 4) is 0 Å². The zero-order chi connectivity index (χ0) is 12.6. The van der Waals surface area contributed by atoms with Gasteiger partial charge in [-0.3, -0.25) is 4.90 Å². The molecule has 1 saturated heterocycles. The van der Waals surface area contributed by atoms with Crippen LogP contribution in [-0.2, 0) is 11.2 Å². The van der Waals surface area contributed by atoms with Gasteiger partial charge in [-0.2, -0.15) is 0 Å². The zero-order valence-corrected chi connectivity index (χ0v) is 11.2. The number of rotatable bonds is 7. The maximum absolute atomic E-state index is 5.65. The molecule has 1 aliphatic rings. The number of aromatic nitrogens is 1. The van der Waals surface area contributed by atoms with Crippen LogP contribution in [0.1, 0.15) is 12.1 Å². The maximum Gasteiger partial charge on any atom is 0.124 e. The Morgan fingerprint density at radius 2 is 2.11 bits per heavy atom. The van der Waals surface area contributed by atoms with Crippen LogP contribution in [0.4, 0.5) is 0 Å². The zero-order valence-electron chi connectivity index (χ0n) is 11.2. The van der Waals surface area contributed by atoms with Crippen molar-refractivity contribution in [1.29, 1.82) is 0 Å². The van der Waals surface area contributed by atoms with E-state index in [9.17, 15) is 0 Å². The maximum atomic E-state index is 5.65. The largest absolute Gasteiger partial charge is 0.380 e. The molecule has 102 valence electrons. The molecule has 18 heavy (non-hydrogen) atoms. The van der Waals surface area contributed by atoms with E-state index in [1.165, 1.54) is 26.2 Å². The van der Waals surface area contributed by atoms with E-state index in [-0.39, 0.29) is 0 Å². The second-order valence-corrected chi connectivity index (χ2v) is 4.85. The van der Waals surface area contributed by atoms with E-state index in [1.54, 1.807) is 6.26 Å². The Kier molecular flexibility index (Phi) is 5.64. The number of ether oxygens (including phenoxy) is 1. The van der Waals surface area contributed by atoms with E-state index in [0.717, 1.165) is 38.3 Å². The van der Waals surface area contributed by atoms with Crippen LogP contribution in [0.15, 0.2) is 16.9 Å². The van der Waals surface area contributed by atoms with Gasteiger partial charge < -0.3 is 14.2 Å². The van der Waals surface area contributed by atoms with Gasteiger partial charge >= 0.3 is 0 Å². The molecule has 5 heteroatoms. The minimum atomic E-state index is 0.806. The first kappa shape index (κ1) is 13.5. The van der Waals surface area contributed by atoms with Crippen molar-refractivity contribution in [3.63, 3.8) is 0 Å². The number of hydrogen-bond donors (Lipinski definition) is 0. The molecule has 1 aromatic heterocycles. The molecule has 0 amide bonds. The van der Waals surface area contributed by atoms with Crippen molar-refractivity contribution in [3.05, 3.63) is 18.0 Å². The summed E-state index contributed by atoms with van der Waals surface area (Å²) in [6.45, 7) is 7.37. The minimum Gasteiger partial charge on any atom is -0.380 e. The first-order valence-corrected chi connectivity index (χ1v) is 6.72. The Balaban J connectivity index is 1.44. The van der Waals surface area contributed by atoms with Gasteiger partial charge in [-0.15, -0.1) is 0 Å². The van der Waals surface area contributed by atoms with Crippen molar-refractivity contribution in [2.24, 2.45) is 0 Å². The summed E-state index contributed by atoms with van der Waals surface area (Å²) in [6, 6.07) is 1.91. The number of nitrogens with zero attached hydrogens (tertiary/aromatic N) is 3. The molecule has 0 aromatic carbocycles. The molecule has 1 aliphatic heterocycles. The van der Waals surface area contributed by atoms with Gasteiger partial charge in [0.1, 0.15) is 6.26 Å². The van der Waals surface area contributed by atoms with Crippen LogP contribution < -0.4 is 0 Å². The van der Waals surface area contributed by atoms with Gasteiger partial charge in [0.05, 0.1) is 12.3 Å². The average molecular weight is 253 g/mol. The second kappa shape index (κ2) is 7.51. The number of likely N-dealkylation sites (N-methyl/N-ethyl adjacent to an activating group) is 1. The highest BCUT2D eigenvalue weighted by Crippen LogP contribution is 2.00. The van der Waals surface area contributed by atoms with E-state index >= 15 is 0 Å². The lowest BCUT2D eigenvalue weighted by atomic mass is 10.2. The smallest absolute Gasteiger partial charge is 0.124 e. The van der Waals surface area contributed by atoms with Crippen LogP contribution in [0.3, 0.4) is 0 Å². The van der Waals surface area contributed by atoms with Crippen molar-refractivity contribution in [2.45, 2.75) is 12.8 Å². The summed E-state index contributed by atoms with van der Waals surface area (Å²) in [4.78, 5) is 4.84. The SMILES string of the molecule is CN1CCN(CCOCCCc2ccon2)CC1. The third-order valence-electron chi connectivity index (χ3n) is 3.36. The monoisotopic (exact) mass is 253 g/mol. The van der Waals surface area contributed by atoms with Crippen LogP contribution in [0.5, 0.6) is 0 Å². The van der Waals surface area contributed by atoms with E-state index in [4.69, 9.17) is 9.26 Å². The molecule has 2 heterocycles. The highest BCUT2D eigenvalue weighted by atomic mass is 16.5. The molecule has 0 unspecified atom stereocenters. The Morgan fingerprint density at radius 3 is 2.83 bits per heavy atom. The predicted octanol–water partition coefficient (Wildman–Crippen LogP) is 0.871. The molecule has 0 atom stereocenters. The molecule has 0 saturated carbocycles. The van der Waals surface area contributed by atoms with Crippen LogP contribution in [0.25, 0.3) is 0 Å². The fourth-order valence-corrected chi connectivity index (χ4v) is 2.09. The van der Waals surface area contributed by atoms with Crippen molar-refractivity contribution in [2.75, 3.05) is 53.0 Å². The molecule has 0 N–H and O–H groups in total. The lowest BCUT2D eigenvalue weighted by Crippen LogP contribution is -2.45. The van der Waals surface area contributed by atoms with Crippen molar-refractivity contribution < 1.29 is 9.26 Å². The first-order valence-electron chi connectivity index (χ1n) is 6.72. The van der Waals surface area contributed by atoms with Gasteiger partial charge in [-0.05, 0) is 19.9 Å². The molecular formula is C13H23N3O2. The standard InChI is InChI=1S/C13H23N3O2/c1-15-5-7-16(8-6-15)9-12-17-10-2-3-13-4-11-18-14-13/h4,11H,2-3,5-10,12H2,1H3. The topological polar surface area (TPSA) is 41.7 Å². The first-order chi connectivity index (χ1) is 8.84. The summed E-state index contributed by atoms with van der Waals surface area (Å²) >= 11 is 0. The van der Waals surface area contributed by atoms with Crippen LogP contribution in [-0.4, -0.2) is 67.9 Å². The molecule has 0 aliphatic carbocycles. The van der Waals surface area contributed by atoms with Crippen LogP contribution in [0, 0.1) is 0 Å². The Morgan fingerprint density at radius 1 is 1.28 bits per heavy atom. The minimum absolute atomic E-state index is 0.806. The number of hydrogen-bond acceptors (Lipinski definition) is 5. The predicted molar refractivity (Wildman–Crippen MR) is 69.6 cm³/mol. The van der Waals surface area contributed by atoms with Gasteiger partial charge in [-0.1, -0.05) is 5.16 Å². The molecule has 0 spiro atoms. The third kappa shape index (κ3) is 4.76. The Hall–Kier alpha value is -0.910. The summed E-state index contributed by atoms with van der Waals surface area (Å²) in [6.07, 6.45) is 3.56. The summed E-state index contributed by atoms with van der Waals surface area (Å²) in [5, 5.41) is 3.87. The highest BCUT2D eigenvalue weighted by molar-refractivity contribution is 4.94. The molecule has 0 bridgehead atoms. The molecule has 5 nitrogen and oxygen atoms in total. The van der Waals surface area contributed by atoms with Gasteiger partial charge in [0, 0.05) is 45.4 Å². The summed E-state index contributed by atoms with van der Waals surface area (Å²) in [5.41, 5.74) is 1.01. The number of aryl methyl sites for hydroxylation is 1. The van der Waals surface area contributed by atoms with E-state index in [2.05, 4.69) is 22.0 Å². The average Bonchev–Trinajstić information content (AvgIpc) is 2.89. The Labute approximate surface area is 109 Å². The fraction of sp³-hybridized carbons (Fsp3) is 0.769. The van der Waals surface area contributed by atoms with Gasteiger partial charge in [0.2, 0.25) is 0 Å². The normalized spacial score (nSPS) is 18.3. The molecule has 1 fully saturated rings. The molecule has 2 rings (SSSR count). The third-order valence-corrected chi connectivity index (χ3v) is 3.36. The molecular weight excluding hydrogens is 230 g/mol. The van der Waals surface area contributed by atoms with Gasteiger partial charge in [-0.25, -0.2) is 0 Å². The lowest BCUT2D eigenvalue weighted by Gasteiger charge is -2.32. The van der Waals surface area contributed by atoms with Gasteiger partial charge in [0.25, 0.3) is 0 Å². The second-order valence-electron chi connectivity index (χ2n) is 4.85. The van der Waals surface area contributed by atoms with E-state index in [0.29, 0.717) is 0 Å². The highest BCUT2D eigenvalue weighted by Gasteiger charge is 2.12.